The van der Waals surface area contributed by atoms with Gasteiger partial charge in [-0.15, -0.1) is 0 Å². The van der Waals surface area contributed by atoms with Gasteiger partial charge in [0.15, 0.2) is 17.7 Å². The van der Waals surface area contributed by atoms with Crippen molar-refractivity contribution in [2.45, 2.75) is 24.6 Å². The number of amides is 2. The molecule has 0 radical (unpaired) electrons. The van der Waals surface area contributed by atoms with Crippen LogP contribution >= 0.6 is 0 Å². The molecule has 2 heterocycles. The minimum atomic E-state index is -4.46. The number of carbonyl (C=O) groups excluding carboxylic acids is 2. The van der Waals surface area contributed by atoms with Crippen LogP contribution in [0, 0.1) is 11.6 Å². The van der Waals surface area contributed by atoms with E-state index in [1.807, 2.05) is 0 Å². The van der Waals surface area contributed by atoms with E-state index in [0.717, 1.165) is 13.2 Å². The van der Waals surface area contributed by atoms with Crippen molar-refractivity contribution in [3.63, 3.8) is 0 Å². The van der Waals surface area contributed by atoms with Crippen LogP contribution in [-0.2, 0) is 9.53 Å². The fraction of sp³-hybridized carbons (Fsp3) is 0.316. The van der Waals surface area contributed by atoms with Crippen LogP contribution in [0.4, 0.5) is 27.6 Å². The number of carbonyl (C=O) groups is 2. The average Bonchev–Trinajstić information content (AvgIpc) is 3.21. The lowest BCUT2D eigenvalue weighted by Gasteiger charge is -2.15. The van der Waals surface area contributed by atoms with Crippen molar-refractivity contribution in [1.82, 2.24) is 4.98 Å². The Hall–Kier alpha value is -3.28. The molecule has 0 spiro atoms. The summed E-state index contributed by atoms with van der Waals surface area (Å²) in [5.74, 6) is -3.96. The van der Waals surface area contributed by atoms with Gasteiger partial charge in [0.05, 0.1) is 13.7 Å². The number of benzene rings is 1. The highest BCUT2D eigenvalue weighted by Gasteiger charge is 2.46. The number of rotatable bonds is 5. The van der Waals surface area contributed by atoms with Crippen molar-refractivity contribution in [1.29, 1.82) is 0 Å². The molecule has 31 heavy (non-hydrogen) atoms. The molecule has 1 saturated heterocycles. The van der Waals surface area contributed by atoms with Gasteiger partial charge in [0.25, 0.3) is 5.91 Å². The Balaban J connectivity index is 0.000000245. The molecule has 3 rings (SSSR count). The van der Waals surface area contributed by atoms with Crippen LogP contribution in [0.1, 0.15) is 28.4 Å². The zero-order chi connectivity index (χ0) is 23.2. The van der Waals surface area contributed by atoms with Crippen LogP contribution in [0.25, 0.3) is 0 Å². The lowest BCUT2D eigenvalue weighted by molar-refractivity contribution is -0.206. The molecule has 2 aromatic rings. The number of hydrogen-bond donors (Lipinski definition) is 2. The summed E-state index contributed by atoms with van der Waals surface area (Å²) >= 11 is 0. The molecule has 12 heteroatoms. The molecule has 1 fully saturated rings. The van der Waals surface area contributed by atoms with Gasteiger partial charge in [0.2, 0.25) is 12.2 Å². The number of nitrogens with zero attached hydrogens (tertiary/aromatic N) is 1. The van der Waals surface area contributed by atoms with E-state index in [4.69, 9.17) is 10.5 Å². The summed E-state index contributed by atoms with van der Waals surface area (Å²) in [6, 6.07) is 5.05. The monoisotopic (exact) mass is 447 g/mol. The van der Waals surface area contributed by atoms with Crippen molar-refractivity contribution >= 4 is 18.0 Å². The van der Waals surface area contributed by atoms with Crippen molar-refractivity contribution in [2.75, 3.05) is 19.0 Å². The maximum atomic E-state index is 13.5. The largest absolute Gasteiger partial charge is 0.493 e. The molecule has 2 amide bonds. The highest BCUT2D eigenvalue weighted by atomic mass is 19.4. The Morgan fingerprint density at radius 2 is 2.03 bits per heavy atom. The van der Waals surface area contributed by atoms with Crippen molar-refractivity contribution in [3.05, 3.63) is 53.4 Å². The summed E-state index contributed by atoms with van der Waals surface area (Å²) in [6.07, 6.45) is -4.76. The number of nitrogens with two attached hydrogens (primary N) is 1. The third kappa shape index (κ3) is 6.10. The van der Waals surface area contributed by atoms with Gasteiger partial charge < -0.3 is 20.5 Å². The summed E-state index contributed by atoms with van der Waals surface area (Å²) in [7, 11) is 1.14. The number of primary amides is 1. The Morgan fingerprint density at radius 1 is 1.32 bits per heavy atom. The van der Waals surface area contributed by atoms with Gasteiger partial charge >= 0.3 is 6.18 Å². The summed E-state index contributed by atoms with van der Waals surface area (Å²) in [6.45, 7) is -0.203. The molecule has 1 aliphatic rings. The molecule has 7 nitrogen and oxygen atoms in total. The Morgan fingerprint density at radius 3 is 2.58 bits per heavy atom. The van der Waals surface area contributed by atoms with Crippen LogP contribution in [0.5, 0.6) is 5.75 Å². The lowest BCUT2D eigenvalue weighted by Crippen LogP contribution is -2.27. The minimum Gasteiger partial charge on any atom is -0.493 e. The van der Waals surface area contributed by atoms with Gasteiger partial charge in [-0.25, -0.2) is 4.39 Å². The highest BCUT2D eigenvalue weighted by molar-refractivity contribution is 5.92. The fourth-order valence-corrected chi connectivity index (χ4v) is 2.87. The number of pyridine rings is 1. The Labute approximate surface area is 173 Å². The Kier molecular flexibility index (Phi) is 7.86. The topological polar surface area (TPSA) is 104 Å². The van der Waals surface area contributed by atoms with Gasteiger partial charge in [0.1, 0.15) is 5.69 Å². The van der Waals surface area contributed by atoms with Gasteiger partial charge in [-0.2, -0.15) is 17.6 Å². The molecule has 0 saturated carbocycles. The van der Waals surface area contributed by atoms with Crippen LogP contribution in [0.15, 0.2) is 30.5 Å². The smallest absolute Gasteiger partial charge is 0.414 e. The first-order valence-electron chi connectivity index (χ1n) is 8.74. The van der Waals surface area contributed by atoms with E-state index in [1.165, 1.54) is 18.3 Å². The molecular weight excluding hydrogens is 429 g/mol. The summed E-state index contributed by atoms with van der Waals surface area (Å²) in [5, 5.41) is 2.37. The van der Waals surface area contributed by atoms with Crippen molar-refractivity contribution in [3.8, 4) is 5.75 Å². The fourth-order valence-electron chi connectivity index (χ4n) is 2.87. The summed E-state index contributed by atoms with van der Waals surface area (Å²) in [5.41, 5.74) is 5.77. The summed E-state index contributed by atoms with van der Waals surface area (Å²) < 4.78 is 73.4. The second-order valence-electron chi connectivity index (χ2n) is 6.34. The van der Waals surface area contributed by atoms with Crippen LogP contribution in [0.3, 0.4) is 0 Å². The molecule has 168 valence electrons. The lowest BCUT2D eigenvalue weighted by atomic mass is 9.95. The maximum Gasteiger partial charge on any atom is 0.414 e. The average molecular weight is 447 g/mol. The second kappa shape index (κ2) is 10.2. The quantitative estimate of drug-likeness (QED) is 0.542. The normalized spacial score (nSPS) is 18.0. The molecular formula is C19H18F5N3O4. The van der Waals surface area contributed by atoms with E-state index in [0.29, 0.717) is 12.1 Å². The number of ether oxygens (including phenoxy) is 2. The first-order valence-corrected chi connectivity index (χ1v) is 8.74. The Bertz CT molecular complexity index is 939. The molecule has 3 N–H and O–H groups in total. The first kappa shape index (κ1) is 24.0. The SMILES string of the molecule is COc1c(C2COC(C(F)(F)F)C2)ccc(F)c1F.NC(=O)c1cc(NC=O)ccn1. The second-order valence-corrected chi connectivity index (χ2v) is 6.34. The van der Waals surface area contributed by atoms with E-state index in [1.54, 1.807) is 6.07 Å². The van der Waals surface area contributed by atoms with Gasteiger partial charge in [-0.3, -0.25) is 14.6 Å². The predicted octanol–water partition coefficient (Wildman–Crippen LogP) is 3.16. The van der Waals surface area contributed by atoms with Gasteiger partial charge in [0, 0.05) is 23.4 Å². The maximum absolute atomic E-state index is 13.5. The van der Waals surface area contributed by atoms with Gasteiger partial charge in [-0.1, -0.05) is 6.07 Å². The number of aromatic nitrogens is 1. The number of hydrogen-bond acceptors (Lipinski definition) is 5. The van der Waals surface area contributed by atoms with E-state index < -0.39 is 35.7 Å². The van der Waals surface area contributed by atoms with Crippen LogP contribution in [-0.4, -0.2) is 43.3 Å². The van der Waals surface area contributed by atoms with E-state index in [2.05, 4.69) is 15.0 Å². The third-order valence-corrected chi connectivity index (χ3v) is 4.32. The zero-order valence-electron chi connectivity index (χ0n) is 16.1. The number of methoxy groups -OCH3 is 1. The standard InChI is InChI=1S/C12H11F5O2.C7H7N3O2/c1-18-11-7(2-3-8(13)10(11)14)6-4-9(19-5-6)12(15,16)17;8-7(12)6-3-5(10-4-11)1-2-9-6/h2-3,6,9H,4-5H2,1H3;1-4H,(H2,8,12)(H,9,10,11). The molecule has 1 aromatic heterocycles. The van der Waals surface area contributed by atoms with Crippen molar-refractivity contribution < 1.29 is 41.0 Å². The van der Waals surface area contributed by atoms with Crippen LogP contribution in [0.2, 0.25) is 0 Å². The third-order valence-electron chi connectivity index (χ3n) is 4.32. The van der Waals surface area contributed by atoms with E-state index in [-0.39, 0.29) is 30.0 Å². The summed E-state index contributed by atoms with van der Waals surface area (Å²) in [4.78, 5) is 24.3. The number of nitrogens with one attached hydrogen (secondary N) is 1. The molecule has 2 unspecified atom stereocenters. The molecule has 1 aromatic carbocycles. The molecule has 0 bridgehead atoms. The van der Waals surface area contributed by atoms with Gasteiger partial charge in [-0.05, 0) is 24.6 Å². The molecule has 1 aliphatic heterocycles. The van der Waals surface area contributed by atoms with E-state index in [9.17, 15) is 31.5 Å². The van der Waals surface area contributed by atoms with Crippen LogP contribution < -0.4 is 15.8 Å². The molecule has 2 atom stereocenters. The molecule has 0 aliphatic carbocycles. The number of anilines is 1. The van der Waals surface area contributed by atoms with Crippen molar-refractivity contribution in [2.24, 2.45) is 5.73 Å². The van der Waals surface area contributed by atoms with E-state index >= 15 is 0 Å². The predicted molar refractivity (Wildman–Crippen MR) is 98.5 cm³/mol. The minimum absolute atomic E-state index is 0.127. The number of halogens is 5. The first-order chi connectivity index (χ1) is 14.6. The zero-order valence-corrected chi connectivity index (χ0v) is 16.1. The highest BCUT2D eigenvalue weighted by Crippen LogP contribution is 2.41. The number of alkyl halides is 3.